The molecule has 1 atom stereocenters. The number of aliphatic carboxylic acids is 1. The number of ether oxygens (including phenoxy) is 1. The van der Waals surface area contributed by atoms with Gasteiger partial charge >= 0.3 is 11.9 Å². The highest BCUT2D eigenvalue weighted by Gasteiger charge is 2.26. The van der Waals surface area contributed by atoms with Crippen molar-refractivity contribution in [1.29, 1.82) is 0 Å². The second kappa shape index (κ2) is 7.84. The van der Waals surface area contributed by atoms with Crippen LogP contribution in [0.4, 0.5) is 0 Å². The maximum absolute atomic E-state index is 11.6. The van der Waals surface area contributed by atoms with E-state index in [1.807, 2.05) is 19.0 Å². The molecule has 0 aliphatic rings. The summed E-state index contributed by atoms with van der Waals surface area (Å²) >= 11 is 0. The van der Waals surface area contributed by atoms with Gasteiger partial charge in [0.2, 0.25) is 5.91 Å². The molecule has 116 valence electrons. The fourth-order valence-electron chi connectivity index (χ4n) is 1.34. The maximum atomic E-state index is 11.6. The molecule has 0 aliphatic heterocycles. The number of nitrogens with one attached hydrogen (secondary N) is 1. The monoisotopic (exact) mass is 288 g/mol. The van der Waals surface area contributed by atoms with Gasteiger partial charge in [0, 0.05) is 13.0 Å². The first-order valence-corrected chi connectivity index (χ1v) is 6.40. The lowest BCUT2D eigenvalue weighted by molar-refractivity contribution is -0.158. The van der Waals surface area contributed by atoms with Crippen LogP contribution in [0, 0.1) is 0 Å². The Labute approximate surface area is 119 Å². The molecule has 0 heterocycles. The molecule has 0 spiro atoms. The van der Waals surface area contributed by atoms with Crippen LogP contribution in [0.5, 0.6) is 0 Å². The molecule has 0 aromatic carbocycles. The van der Waals surface area contributed by atoms with Crippen LogP contribution in [0.15, 0.2) is 0 Å². The van der Waals surface area contributed by atoms with Gasteiger partial charge in [0.25, 0.3) is 0 Å². The minimum absolute atomic E-state index is 0.172. The Balaban J connectivity index is 4.41. The number of nitrogens with zero attached hydrogens (tertiary/aromatic N) is 1. The van der Waals surface area contributed by atoms with Crippen LogP contribution in [0.3, 0.4) is 0 Å². The smallest absolute Gasteiger partial charge is 0.326 e. The van der Waals surface area contributed by atoms with Crippen LogP contribution < -0.4 is 5.32 Å². The summed E-state index contributed by atoms with van der Waals surface area (Å²) in [5, 5.41) is 11.3. The molecule has 7 nitrogen and oxygen atoms in total. The first kappa shape index (κ1) is 18.4. The Morgan fingerprint density at radius 3 is 2.20 bits per heavy atom. The van der Waals surface area contributed by atoms with Crippen molar-refractivity contribution in [3.05, 3.63) is 0 Å². The van der Waals surface area contributed by atoms with Gasteiger partial charge in [0.1, 0.15) is 11.6 Å². The Kier molecular flexibility index (Phi) is 7.20. The van der Waals surface area contributed by atoms with Gasteiger partial charge in [-0.2, -0.15) is 0 Å². The molecule has 0 bridgehead atoms. The number of amides is 1. The molecule has 0 aromatic heterocycles. The van der Waals surface area contributed by atoms with Gasteiger partial charge in [-0.1, -0.05) is 0 Å². The predicted octanol–water partition coefficient (Wildman–Crippen LogP) is 0.239. The molecule has 7 heteroatoms. The summed E-state index contributed by atoms with van der Waals surface area (Å²) in [6.45, 7) is 5.58. The predicted molar refractivity (Wildman–Crippen MR) is 73.2 cm³/mol. The summed E-state index contributed by atoms with van der Waals surface area (Å²) in [5.41, 5.74) is -0.685. The van der Waals surface area contributed by atoms with E-state index in [1.165, 1.54) is 0 Å². The fourth-order valence-corrected chi connectivity index (χ4v) is 1.34. The Morgan fingerprint density at radius 2 is 1.80 bits per heavy atom. The van der Waals surface area contributed by atoms with Crippen molar-refractivity contribution in [2.75, 3.05) is 20.6 Å². The largest absolute Gasteiger partial charge is 0.480 e. The summed E-state index contributed by atoms with van der Waals surface area (Å²) in [6.07, 6.45) is -0.217. The SMILES string of the molecule is CN(C)CCC(=O)N[C@@H](CC(=O)OC(C)(C)C)C(=O)O. The Hall–Kier alpha value is -1.63. The second-order valence-electron chi connectivity index (χ2n) is 5.80. The topological polar surface area (TPSA) is 95.9 Å². The summed E-state index contributed by atoms with van der Waals surface area (Å²) in [5.74, 6) is -2.32. The molecule has 0 radical (unpaired) electrons. The van der Waals surface area contributed by atoms with Gasteiger partial charge in [-0.3, -0.25) is 9.59 Å². The van der Waals surface area contributed by atoms with Crippen LogP contribution in [0.1, 0.15) is 33.6 Å². The van der Waals surface area contributed by atoms with E-state index in [0.717, 1.165) is 0 Å². The molecule has 0 saturated carbocycles. The highest BCUT2D eigenvalue weighted by Crippen LogP contribution is 2.09. The van der Waals surface area contributed by atoms with Gasteiger partial charge in [-0.15, -0.1) is 0 Å². The van der Waals surface area contributed by atoms with Crippen LogP contribution in [-0.2, 0) is 19.1 Å². The maximum Gasteiger partial charge on any atom is 0.326 e. The number of carboxylic acid groups (broad SMARTS) is 1. The third-order valence-electron chi connectivity index (χ3n) is 2.21. The normalized spacial score (nSPS) is 12.9. The van der Waals surface area contributed by atoms with E-state index in [9.17, 15) is 14.4 Å². The molecular formula is C13H24N2O5. The van der Waals surface area contributed by atoms with Crippen LogP contribution in [-0.4, -0.2) is 60.1 Å². The van der Waals surface area contributed by atoms with Crippen LogP contribution >= 0.6 is 0 Å². The van der Waals surface area contributed by atoms with E-state index in [0.29, 0.717) is 6.54 Å². The van der Waals surface area contributed by atoms with Crippen LogP contribution in [0.2, 0.25) is 0 Å². The number of carbonyl (C=O) groups is 3. The van der Waals surface area contributed by atoms with Crippen molar-refractivity contribution in [2.45, 2.75) is 45.3 Å². The lowest BCUT2D eigenvalue weighted by Gasteiger charge is -2.21. The Bertz CT molecular complexity index is 360. The zero-order chi connectivity index (χ0) is 15.9. The Morgan fingerprint density at radius 1 is 1.25 bits per heavy atom. The zero-order valence-corrected chi connectivity index (χ0v) is 12.7. The van der Waals surface area contributed by atoms with Gasteiger partial charge in [-0.05, 0) is 34.9 Å². The molecule has 0 unspecified atom stereocenters. The molecule has 0 saturated heterocycles. The van der Waals surface area contributed by atoms with Gasteiger partial charge < -0.3 is 20.1 Å². The number of rotatable bonds is 7. The number of carboxylic acids is 1. The van der Waals surface area contributed by atoms with E-state index in [1.54, 1.807) is 20.8 Å². The number of hydrogen-bond donors (Lipinski definition) is 2. The van der Waals surface area contributed by atoms with Gasteiger partial charge in [-0.25, -0.2) is 4.79 Å². The average Bonchev–Trinajstić information content (AvgIpc) is 2.22. The second-order valence-corrected chi connectivity index (χ2v) is 5.80. The van der Waals surface area contributed by atoms with E-state index in [-0.39, 0.29) is 12.8 Å². The van der Waals surface area contributed by atoms with E-state index in [4.69, 9.17) is 9.84 Å². The summed E-state index contributed by atoms with van der Waals surface area (Å²) in [6, 6.07) is -1.26. The summed E-state index contributed by atoms with van der Waals surface area (Å²) in [4.78, 5) is 36.0. The van der Waals surface area contributed by atoms with Crippen molar-refractivity contribution in [3.8, 4) is 0 Å². The summed E-state index contributed by atoms with van der Waals surface area (Å²) in [7, 11) is 3.62. The van der Waals surface area contributed by atoms with Crippen molar-refractivity contribution in [3.63, 3.8) is 0 Å². The third kappa shape index (κ3) is 9.32. The first-order valence-electron chi connectivity index (χ1n) is 6.40. The highest BCUT2D eigenvalue weighted by molar-refractivity contribution is 5.87. The zero-order valence-electron chi connectivity index (χ0n) is 12.7. The van der Waals surface area contributed by atoms with Crippen molar-refractivity contribution >= 4 is 17.8 Å². The lowest BCUT2D eigenvalue weighted by Crippen LogP contribution is -2.43. The van der Waals surface area contributed by atoms with Crippen molar-refractivity contribution in [1.82, 2.24) is 10.2 Å². The molecule has 0 aliphatic carbocycles. The molecule has 20 heavy (non-hydrogen) atoms. The minimum Gasteiger partial charge on any atom is -0.480 e. The van der Waals surface area contributed by atoms with Gasteiger partial charge in [0.05, 0.1) is 6.42 Å². The number of hydrogen-bond acceptors (Lipinski definition) is 5. The lowest BCUT2D eigenvalue weighted by atomic mass is 10.1. The molecule has 0 aromatic rings. The molecular weight excluding hydrogens is 264 g/mol. The molecule has 1 amide bonds. The average molecular weight is 288 g/mol. The van der Waals surface area contributed by atoms with E-state index >= 15 is 0 Å². The molecule has 0 rings (SSSR count). The van der Waals surface area contributed by atoms with Crippen LogP contribution in [0.25, 0.3) is 0 Å². The highest BCUT2D eigenvalue weighted by atomic mass is 16.6. The minimum atomic E-state index is -1.26. The fraction of sp³-hybridized carbons (Fsp3) is 0.769. The standard InChI is InChI=1S/C13H24N2O5/c1-13(2,3)20-11(17)8-9(12(18)19)14-10(16)6-7-15(4)5/h9H,6-8H2,1-5H3,(H,14,16)(H,18,19)/t9-/m0/s1. The molecule has 2 N–H and O–H groups in total. The van der Waals surface area contributed by atoms with E-state index < -0.39 is 29.5 Å². The quantitative estimate of drug-likeness (QED) is 0.651. The van der Waals surface area contributed by atoms with Crippen molar-refractivity contribution < 1.29 is 24.2 Å². The van der Waals surface area contributed by atoms with Gasteiger partial charge in [0.15, 0.2) is 0 Å². The first-order chi connectivity index (χ1) is 9.01. The van der Waals surface area contributed by atoms with E-state index in [2.05, 4.69) is 5.32 Å². The molecule has 0 fully saturated rings. The number of carbonyl (C=O) groups excluding carboxylic acids is 2. The number of esters is 1. The summed E-state index contributed by atoms with van der Waals surface area (Å²) < 4.78 is 5.04. The third-order valence-corrected chi connectivity index (χ3v) is 2.21. The van der Waals surface area contributed by atoms with Crippen molar-refractivity contribution in [2.24, 2.45) is 0 Å².